The van der Waals surface area contributed by atoms with E-state index in [-0.39, 0.29) is 53.8 Å². The zero-order valence-electron chi connectivity index (χ0n) is 23.8. The van der Waals surface area contributed by atoms with Crippen molar-refractivity contribution in [1.82, 2.24) is 19.6 Å². The molecule has 15 heteroatoms. The third-order valence-corrected chi connectivity index (χ3v) is 8.85. The number of anilines is 2. The third kappa shape index (κ3) is 7.72. The first kappa shape index (κ1) is 32.0. The smallest absolute Gasteiger partial charge is 0.406 e. The van der Waals surface area contributed by atoms with Gasteiger partial charge in [0, 0.05) is 26.2 Å². The standard InChI is InChI=1S/C28H33F3N6O5S/c1-27(2,3)19-6-4-18(5-7-19)14-34-26(39)23-16-36(24-15-33-22(17-38)25(32)35-24)12-13-37(23)43(40,41)21-10-8-20(9-11-21)42-28(29,30)31/h4-11,15,23,38H,12-14,16-17H2,1-3H3,(H2,32,35)(H,34,39)/t23-/m1/s1. The molecule has 0 bridgehead atoms. The minimum Gasteiger partial charge on any atom is -0.406 e. The number of halogens is 3. The van der Waals surface area contributed by atoms with Crippen LogP contribution in [-0.4, -0.2) is 65.7 Å². The van der Waals surface area contributed by atoms with Gasteiger partial charge in [-0.25, -0.2) is 13.4 Å². The zero-order valence-corrected chi connectivity index (χ0v) is 24.6. The van der Waals surface area contributed by atoms with Crippen molar-refractivity contribution in [2.24, 2.45) is 0 Å². The fourth-order valence-corrected chi connectivity index (χ4v) is 6.12. The molecule has 0 aliphatic carbocycles. The second kappa shape index (κ2) is 12.3. The Kier molecular flexibility index (Phi) is 9.18. The molecule has 1 atom stereocenters. The number of amides is 1. The maximum Gasteiger partial charge on any atom is 0.573 e. The number of rotatable bonds is 8. The van der Waals surface area contributed by atoms with Crippen LogP contribution in [0.25, 0.3) is 0 Å². The summed E-state index contributed by atoms with van der Waals surface area (Å²) in [4.78, 5) is 23.2. The van der Waals surface area contributed by atoms with Crippen LogP contribution in [0.15, 0.2) is 59.6 Å². The average molecular weight is 623 g/mol. The van der Waals surface area contributed by atoms with E-state index in [4.69, 9.17) is 5.73 Å². The summed E-state index contributed by atoms with van der Waals surface area (Å²) in [6, 6.07) is 10.2. The molecule has 0 unspecified atom stereocenters. The Bertz CT molecular complexity index is 1550. The van der Waals surface area contributed by atoms with E-state index >= 15 is 0 Å². The second-order valence-electron chi connectivity index (χ2n) is 11.0. The summed E-state index contributed by atoms with van der Waals surface area (Å²) in [6.45, 7) is 5.81. The predicted octanol–water partition coefficient (Wildman–Crippen LogP) is 2.94. The number of nitrogens with two attached hydrogens (primary N) is 1. The van der Waals surface area contributed by atoms with E-state index in [0.29, 0.717) is 0 Å². The van der Waals surface area contributed by atoms with E-state index in [0.717, 1.165) is 39.7 Å². The number of ether oxygens (including phenoxy) is 1. The fraction of sp³-hybridized carbons (Fsp3) is 0.393. The summed E-state index contributed by atoms with van der Waals surface area (Å²) in [6.07, 6.45) is -3.56. The normalized spacial score (nSPS) is 16.6. The van der Waals surface area contributed by atoms with Crippen LogP contribution < -0.4 is 20.7 Å². The average Bonchev–Trinajstić information content (AvgIpc) is 2.94. The van der Waals surface area contributed by atoms with Crippen molar-refractivity contribution in [1.29, 1.82) is 0 Å². The first-order chi connectivity index (χ1) is 20.1. The van der Waals surface area contributed by atoms with E-state index in [1.165, 1.54) is 6.20 Å². The topological polar surface area (TPSA) is 151 Å². The minimum absolute atomic E-state index is 0.00378. The monoisotopic (exact) mass is 622 g/mol. The number of aromatic nitrogens is 2. The number of hydrogen-bond acceptors (Lipinski definition) is 9. The molecule has 1 aliphatic rings. The summed E-state index contributed by atoms with van der Waals surface area (Å²) in [5.74, 6) is -0.879. The number of carbonyl (C=O) groups is 1. The Morgan fingerprint density at radius 1 is 1.09 bits per heavy atom. The van der Waals surface area contributed by atoms with E-state index in [9.17, 15) is 31.5 Å². The number of aliphatic hydroxyl groups is 1. The highest BCUT2D eigenvalue weighted by Gasteiger charge is 2.41. The molecular formula is C28H33F3N6O5S. The SMILES string of the molecule is CC(C)(C)c1ccc(CNC(=O)[C@H]2CN(c3cnc(CO)c(N)n3)CCN2S(=O)(=O)c2ccc(OC(F)(F)F)cc2)cc1. The third-order valence-electron chi connectivity index (χ3n) is 6.92. The van der Waals surface area contributed by atoms with Gasteiger partial charge in [-0.05, 0) is 40.8 Å². The Morgan fingerprint density at radius 2 is 1.74 bits per heavy atom. The largest absolute Gasteiger partial charge is 0.573 e. The number of nitrogens with one attached hydrogen (secondary N) is 1. The summed E-state index contributed by atoms with van der Waals surface area (Å²) >= 11 is 0. The van der Waals surface area contributed by atoms with E-state index < -0.39 is 40.7 Å². The van der Waals surface area contributed by atoms with Gasteiger partial charge in [-0.2, -0.15) is 4.31 Å². The number of piperazine rings is 1. The first-order valence-corrected chi connectivity index (χ1v) is 14.7. The lowest BCUT2D eigenvalue weighted by Gasteiger charge is -2.40. The molecule has 1 fully saturated rings. The Labute approximate surface area is 247 Å². The van der Waals surface area contributed by atoms with E-state index in [1.54, 1.807) is 4.90 Å². The van der Waals surface area contributed by atoms with Crippen molar-refractivity contribution >= 4 is 27.6 Å². The number of aliphatic hydroxyl groups excluding tert-OH is 1. The predicted molar refractivity (Wildman–Crippen MR) is 152 cm³/mol. The zero-order chi connectivity index (χ0) is 31.6. The maximum atomic E-state index is 13.7. The van der Waals surface area contributed by atoms with Crippen molar-refractivity contribution in [2.75, 3.05) is 30.3 Å². The fourth-order valence-electron chi connectivity index (χ4n) is 4.55. The molecule has 0 spiro atoms. The lowest BCUT2D eigenvalue weighted by molar-refractivity contribution is -0.274. The van der Waals surface area contributed by atoms with Crippen molar-refractivity contribution in [3.8, 4) is 5.75 Å². The first-order valence-electron chi connectivity index (χ1n) is 13.3. The molecule has 4 N–H and O–H groups in total. The van der Waals surface area contributed by atoms with Crippen LogP contribution >= 0.6 is 0 Å². The molecule has 43 heavy (non-hydrogen) atoms. The molecule has 0 saturated carbocycles. The lowest BCUT2D eigenvalue weighted by atomic mass is 9.87. The van der Waals surface area contributed by atoms with Crippen molar-refractivity contribution < 1.29 is 36.2 Å². The second-order valence-corrected chi connectivity index (χ2v) is 12.9. The van der Waals surface area contributed by atoms with Gasteiger partial charge in [0.05, 0.1) is 17.7 Å². The summed E-state index contributed by atoms with van der Waals surface area (Å²) in [7, 11) is -4.33. The molecule has 0 radical (unpaired) electrons. The number of hydrogen-bond donors (Lipinski definition) is 3. The number of nitrogens with zero attached hydrogens (tertiary/aromatic N) is 4. The van der Waals surface area contributed by atoms with Gasteiger partial charge in [-0.3, -0.25) is 9.78 Å². The van der Waals surface area contributed by atoms with Crippen LogP contribution in [0, 0.1) is 0 Å². The quantitative estimate of drug-likeness (QED) is 0.345. The van der Waals surface area contributed by atoms with Gasteiger partial charge in [-0.1, -0.05) is 45.0 Å². The van der Waals surface area contributed by atoms with E-state index in [1.807, 2.05) is 24.3 Å². The molecule has 1 aromatic heterocycles. The van der Waals surface area contributed by atoms with E-state index in [2.05, 4.69) is 40.8 Å². The Balaban J connectivity index is 1.59. The number of benzene rings is 2. The molecule has 11 nitrogen and oxygen atoms in total. The summed E-state index contributed by atoms with van der Waals surface area (Å²) < 4.78 is 70.0. The molecule has 1 amide bonds. The van der Waals surface area contributed by atoms with Crippen LogP contribution in [0.1, 0.15) is 37.6 Å². The lowest BCUT2D eigenvalue weighted by Crippen LogP contribution is -2.60. The van der Waals surface area contributed by atoms with Gasteiger partial charge in [-0.15, -0.1) is 13.2 Å². The molecule has 2 aromatic carbocycles. The van der Waals surface area contributed by atoms with Gasteiger partial charge in [0.15, 0.2) is 0 Å². The molecule has 2 heterocycles. The maximum absolute atomic E-state index is 13.7. The molecule has 4 rings (SSSR count). The summed E-state index contributed by atoms with van der Waals surface area (Å²) in [5.41, 5.74) is 7.92. The molecule has 3 aromatic rings. The Morgan fingerprint density at radius 3 is 2.30 bits per heavy atom. The van der Waals surface area contributed by atoms with Gasteiger partial charge in [0.25, 0.3) is 0 Å². The van der Waals surface area contributed by atoms with Gasteiger partial charge < -0.3 is 25.8 Å². The highest BCUT2D eigenvalue weighted by Crippen LogP contribution is 2.28. The van der Waals surface area contributed by atoms with Crippen LogP contribution in [0.3, 0.4) is 0 Å². The van der Waals surface area contributed by atoms with Crippen LogP contribution in [0.5, 0.6) is 5.75 Å². The number of alkyl halides is 3. The highest BCUT2D eigenvalue weighted by molar-refractivity contribution is 7.89. The van der Waals surface area contributed by atoms with Gasteiger partial charge >= 0.3 is 6.36 Å². The number of sulfonamides is 1. The number of nitrogen functional groups attached to an aromatic ring is 1. The molecule has 1 aliphatic heterocycles. The molecule has 1 saturated heterocycles. The molecule has 232 valence electrons. The highest BCUT2D eigenvalue weighted by atomic mass is 32.2. The van der Waals surface area contributed by atoms with Gasteiger partial charge in [0.1, 0.15) is 29.1 Å². The minimum atomic E-state index is -4.94. The van der Waals surface area contributed by atoms with Crippen LogP contribution in [-0.2, 0) is 33.4 Å². The van der Waals surface area contributed by atoms with Crippen LogP contribution in [0.4, 0.5) is 24.8 Å². The van der Waals surface area contributed by atoms with Gasteiger partial charge in [0.2, 0.25) is 15.9 Å². The van der Waals surface area contributed by atoms with Crippen molar-refractivity contribution in [2.45, 2.75) is 56.6 Å². The Hall–Kier alpha value is -3.95. The van der Waals surface area contributed by atoms with Crippen molar-refractivity contribution in [3.05, 3.63) is 71.5 Å². The number of carbonyl (C=O) groups excluding carboxylic acids is 1. The van der Waals surface area contributed by atoms with Crippen LogP contribution in [0.2, 0.25) is 0 Å². The van der Waals surface area contributed by atoms with Crippen molar-refractivity contribution in [3.63, 3.8) is 0 Å². The molecular weight excluding hydrogens is 589 g/mol. The summed E-state index contributed by atoms with van der Waals surface area (Å²) in [5, 5.41) is 12.2.